The second-order valence-electron chi connectivity index (χ2n) is 20.3. The number of aliphatic hydroxyl groups excluding tert-OH is 3. The Balaban J connectivity index is 1.96. The summed E-state index contributed by atoms with van der Waals surface area (Å²) in [7, 11) is 2.81. The summed E-state index contributed by atoms with van der Waals surface area (Å²) >= 11 is 0. The number of rotatable bonds is 18. The SMILES string of the molecule is C/C=C/[C@H]1O[C@@](O)([C@@H](C)[C@H](O)[C@H](C)[C@H]2OC(=O)/C(OC)=C/C(C)=C/[C@@H](C)[C@@H](O)[C@@H](C)[C@@H](O)[C@H](C)C/C(C)=C/C=C/[C@@H]2OC)C[C@@H](O[C@@H]2C[C@H](OC(=O)CCCCCCCC)[C@@H](OC(N)=O)[C@H](C)O2)[C@@H]1C. The second kappa shape index (κ2) is 29.2. The maximum atomic E-state index is 14.0. The number of cyclic esters (lactones) is 1. The van der Waals surface area contributed by atoms with E-state index in [1.165, 1.54) is 20.3 Å². The summed E-state index contributed by atoms with van der Waals surface area (Å²) in [6.07, 6.45) is 7.73. The van der Waals surface area contributed by atoms with Gasteiger partial charge in [-0.15, -0.1) is 0 Å². The quantitative estimate of drug-likeness (QED) is 0.0380. The van der Waals surface area contributed by atoms with Gasteiger partial charge in [0.15, 0.2) is 18.2 Å². The molecule has 1 amide bonds. The maximum Gasteiger partial charge on any atom is 0.404 e. The predicted molar refractivity (Wildman–Crippen MR) is 265 cm³/mol. The molecule has 0 bridgehead atoms. The Morgan fingerprint density at radius 2 is 1.64 bits per heavy atom. The summed E-state index contributed by atoms with van der Waals surface area (Å²) in [5.41, 5.74) is 7.00. The molecule has 3 heterocycles. The van der Waals surface area contributed by atoms with Crippen molar-refractivity contribution < 1.29 is 72.7 Å². The van der Waals surface area contributed by atoms with Crippen LogP contribution in [0.2, 0.25) is 0 Å². The van der Waals surface area contributed by atoms with Crippen LogP contribution in [0.15, 0.2) is 59.4 Å². The Labute approximate surface area is 418 Å². The molecule has 16 nitrogen and oxygen atoms in total. The van der Waals surface area contributed by atoms with E-state index in [1.807, 2.05) is 47.6 Å². The van der Waals surface area contributed by atoms with Gasteiger partial charge < -0.3 is 64.1 Å². The van der Waals surface area contributed by atoms with Crippen LogP contribution in [0.4, 0.5) is 4.79 Å². The number of amides is 1. The first kappa shape index (κ1) is 60.7. The number of unbranched alkanes of at least 4 members (excludes halogenated alkanes) is 5. The van der Waals surface area contributed by atoms with Crippen LogP contribution >= 0.6 is 0 Å². The maximum absolute atomic E-state index is 14.0. The van der Waals surface area contributed by atoms with E-state index >= 15 is 0 Å². The molecule has 0 unspecified atom stereocenters. The fraction of sp³-hybridized carbons (Fsp3) is 0.759. The number of methoxy groups -OCH3 is 2. The van der Waals surface area contributed by atoms with Gasteiger partial charge in [-0.1, -0.05) is 128 Å². The summed E-state index contributed by atoms with van der Waals surface area (Å²) < 4.78 is 48.3. The minimum atomic E-state index is -2.01. The van der Waals surface area contributed by atoms with Crippen LogP contribution in [0.1, 0.15) is 140 Å². The summed E-state index contributed by atoms with van der Waals surface area (Å²) in [4.78, 5) is 39.1. The van der Waals surface area contributed by atoms with Gasteiger partial charge >= 0.3 is 18.0 Å². The van der Waals surface area contributed by atoms with Crippen molar-refractivity contribution in [2.75, 3.05) is 14.2 Å². The third-order valence-electron chi connectivity index (χ3n) is 14.5. The summed E-state index contributed by atoms with van der Waals surface area (Å²) in [5, 5.41) is 47.4. The Kier molecular flexibility index (Phi) is 25.3. The lowest BCUT2D eigenvalue weighted by atomic mass is 9.77. The Hall–Kier alpha value is -3.61. The first-order valence-electron chi connectivity index (χ1n) is 25.6. The number of carbonyl (C=O) groups is 3. The van der Waals surface area contributed by atoms with Crippen molar-refractivity contribution in [1.82, 2.24) is 0 Å². The molecule has 3 aliphatic heterocycles. The molecule has 0 aromatic rings. The van der Waals surface area contributed by atoms with Crippen LogP contribution < -0.4 is 5.73 Å². The van der Waals surface area contributed by atoms with Crippen LogP contribution in [0.3, 0.4) is 0 Å². The first-order chi connectivity index (χ1) is 33.0. The zero-order chi connectivity index (χ0) is 52.5. The molecule has 3 rings (SSSR count). The highest BCUT2D eigenvalue weighted by atomic mass is 16.7. The number of hydrogen-bond acceptors (Lipinski definition) is 15. The fourth-order valence-corrected chi connectivity index (χ4v) is 10.0. The van der Waals surface area contributed by atoms with E-state index in [4.69, 9.17) is 43.6 Å². The van der Waals surface area contributed by atoms with Crippen molar-refractivity contribution in [2.45, 2.75) is 213 Å². The highest BCUT2D eigenvalue weighted by Gasteiger charge is 2.53. The molecule has 2 fully saturated rings. The monoisotopic (exact) mass is 992 g/mol. The highest BCUT2D eigenvalue weighted by molar-refractivity contribution is 5.87. The normalized spacial score (nSPS) is 38.2. The molecule has 70 heavy (non-hydrogen) atoms. The van der Waals surface area contributed by atoms with Crippen LogP contribution in [-0.4, -0.2) is 126 Å². The highest BCUT2D eigenvalue weighted by Crippen LogP contribution is 2.43. The van der Waals surface area contributed by atoms with Crippen LogP contribution in [0.5, 0.6) is 0 Å². The van der Waals surface area contributed by atoms with Crippen molar-refractivity contribution in [3.8, 4) is 0 Å². The zero-order valence-corrected chi connectivity index (χ0v) is 44.3. The molecular weight excluding hydrogens is 903 g/mol. The lowest BCUT2D eigenvalue weighted by Gasteiger charge is -2.50. The smallest absolute Gasteiger partial charge is 0.404 e. The van der Waals surface area contributed by atoms with E-state index in [-0.39, 0.29) is 42.8 Å². The third-order valence-corrected chi connectivity index (χ3v) is 14.5. The van der Waals surface area contributed by atoms with Crippen molar-refractivity contribution in [1.29, 1.82) is 0 Å². The Bertz CT molecular complexity index is 1800. The number of ether oxygens (including phenoxy) is 8. The van der Waals surface area contributed by atoms with E-state index in [9.17, 15) is 34.8 Å². The number of esters is 2. The lowest BCUT2D eigenvalue weighted by Crippen LogP contribution is -2.59. The summed E-state index contributed by atoms with van der Waals surface area (Å²) in [6.45, 7) is 20.2. The third kappa shape index (κ3) is 17.6. The molecule has 16 heteroatoms. The van der Waals surface area contributed by atoms with Crippen LogP contribution in [0.25, 0.3) is 0 Å². The van der Waals surface area contributed by atoms with E-state index in [0.29, 0.717) is 18.4 Å². The van der Waals surface area contributed by atoms with Gasteiger partial charge in [0.25, 0.3) is 0 Å². The Morgan fingerprint density at radius 1 is 0.971 bits per heavy atom. The van der Waals surface area contributed by atoms with Gasteiger partial charge in [0, 0.05) is 56.0 Å². The molecule has 0 aromatic carbocycles. The molecule has 0 radical (unpaired) electrons. The first-order valence-corrected chi connectivity index (χ1v) is 25.6. The average molecular weight is 992 g/mol. The van der Waals surface area contributed by atoms with E-state index < -0.39 is 109 Å². The molecule has 2 saturated heterocycles. The van der Waals surface area contributed by atoms with Crippen molar-refractivity contribution in [3.63, 3.8) is 0 Å². The van der Waals surface area contributed by atoms with Crippen molar-refractivity contribution in [3.05, 3.63) is 59.4 Å². The number of primary amides is 1. The topological polar surface area (TPSA) is 232 Å². The van der Waals surface area contributed by atoms with Crippen molar-refractivity contribution in [2.24, 2.45) is 41.2 Å². The second-order valence-corrected chi connectivity index (χ2v) is 20.3. The fourth-order valence-electron chi connectivity index (χ4n) is 10.0. The number of allylic oxidation sites excluding steroid dienone is 6. The minimum absolute atomic E-state index is 0.0125. The molecule has 0 saturated carbocycles. The van der Waals surface area contributed by atoms with E-state index in [2.05, 4.69) is 6.92 Å². The van der Waals surface area contributed by atoms with Gasteiger partial charge in [-0.05, 0) is 52.5 Å². The molecule has 0 spiro atoms. The molecule has 3 aliphatic rings. The van der Waals surface area contributed by atoms with Crippen LogP contribution in [0, 0.1) is 35.5 Å². The average Bonchev–Trinajstić information content (AvgIpc) is 3.30. The standard InChI is InChI=1S/C54H89NO15/c1-14-16-17-18-19-20-25-45(56)66-42-29-46(65-39(11)51(42)69-53(55)61)67-44-30-54(62,70-40(22-15-2)35(44)7)38(10)49(59)37(9)50-41(63-12)24-21-23-31(3)26-33(5)47(57)36(8)48(58)34(6)27-32(4)28-43(64-13)52(60)68-50/h15,21-24,27-28,33-42,44,46-51,57-59,62H,14,16-20,25-26,29-30H2,1-13H3,(H2,55,61)/b22-15+,24-21+,31-23+,32-27+,43-28-/t33-,34-,35-,36+,37+,38+,39+,40-,41+,42+,44-,46-,47+,48-,49-,50-,51+,54-/m1/s1. The summed E-state index contributed by atoms with van der Waals surface area (Å²) in [5.74, 6) is -6.65. The van der Waals surface area contributed by atoms with Gasteiger partial charge in [0.05, 0.1) is 43.7 Å². The van der Waals surface area contributed by atoms with Gasteiger partial charge in [-0.2, -0.15) is 0 Å². The van der Waals surface area contributed by atoms with Crippen molar-refractivity contribution >= 4 is 18.0 Å². The summed E-state index contributed by atoms with van der Waals surface area (Å²) in [6, 6.07) is 0. The lowest BCUT2D eigenvalue weighted by molar-refractivity contribution is -0.339. The molecular formula is C54H89NO15. The van der Waals surface area contributed by atoms with E-state index in [0.717, 1.165) is 37.7 Å². The Morgan fingerprint density at radius 3 is 2.27 bits per heavy atom. The number of aliphatic hydroxyl groups is 4. The number of nitrogens with two attached hydrogens (primary N) is 1. The largest absolute Gasteiger partial charge is 0.490 e. The van der Waals surface area contributed by atoms with Gasteiger partial charge in [0.1, 0.15) is 18.3 Å². The van der Waals surface area contributed by atoms with Gasteiger partial charge in [-0.3, -0.25) is 4.79 Å². The number of hydrogen-bond donors (Lipinski definition) is 5. The molecule has 0 aromatic heterocycles. The predicted octanol–water partition coefficient (Wildman–Crippen LogP) is 7.90. The van der Waals surface area contributed by atoms with Crippen LogP contribution in [-0.2, 0) is 47.5 Å². The molecule has 6 N–H and O–H groups in total. The van der Waals surface area contributed by atoms with E-state index in [1.54, 1.807) is 58.1 Å². The van der Waals surface area contributed by atoms with Gasteiger partial charge in [-0.25, -0.2) is 9.59 Å². The zero-order valence-electron chi connectivity index (χ0n) is 44.3. The molecule has 0 aliphatic carbocycles. The molecule has 18 atom stereocenters. The number of carbonyl (C=O) groups excluding carboxylic acids is 3. The minimum Gasteiger partial charge on any atom is -0.490 e. The van der Waals surface area contributed by atoms with Gasteiger partial charge in [0.2, 0.25) is 5.76 Å². The molecule has 400 valence electrons.